The molecule has 0 saturated heterocycles. The van der Waals surface area contributed by atoms with E-state index >= 15 is 0 Å². The minimum atomic E-state index is -0.144. The molecule has 0 saturated carbocycles. The van der Waals surface area contributed by atoms with Gasteiger partial charge in [0.05, 0.1) is 0 Å². The van der Waals surface area contributed by atoms with E-state index in [-0.39, 0.29) is 5.91 Å². The lowest BCUT2D eigenvalue weighted by Crippen LogP contribution is -2.11. The fourth-order valence-corrected chi connectivity index (χ4v) is 2.56. The van der Waals surface area contributed by atoms with E-state index in [1.54, 1.807) is 30.5 Å². The van der Waals surface area contributed by atoms with Gasteiger partial charge in [0, 0.05) is 22.8 Å². The third kappa shape index (κ3) is 3.76. The first-order valence-electron chi connectivity index (χ1n) is 7.18. The summed E-state index contributed by atoms with van der Waals surface area (Å²) in [5.41, 5.74) is 3.72. The number of rotatable bonds is 4. The van der Waals surface area contributed by atoms with E-state index in [1.807, 2.05) is 37.4 Å². The zero-order chi connectivity index (χ0) is 16.2. The van der Waals surface area contributed by atoms with Gasteiger partial charge >= 0.3 is 0 Å². The van der Waals surface area contributed by atoms with Crippen molar-refractivity contribution in [2.75, 3.05) is 5.32 Å². The number of nitrogens with zero attached hydrogens (tertiary/aromatic N) is 1. The highest BCUT2D eigenvalue weighted by atomic mass is 32.1. The molecule has 1 amide bonds. The SMILES string of the molecule is Cc1ccc(NC(=O)c2ccc(Oc3nccs3)cc2)cc1C. The molecule has 1 N–H and O–H groups in total. The van der Waals surface area contributed by atoms with Crippen LogP contribution < -0.4 is 10.1 Å². The highest BCUT2D eigenvalue weighted by molar-refractivity contribution is 7.11. The van der Waals surface area contributed by atoms with Crippen molar-refractivity contribution in [3.8, 4) is 10.9 Å². The molecular formula is C18H16N2O2S. The Bertz CT molecular complexity index is 812. The maximum atomic E-state index is 12.3. The van der Waals surface area contributed by atoms with Crippen LogP contribution in [0.25, 0.3) is 0 Å². The van der Waals surface area contributed by atoms with Gasteiger partial charge in [0.15, 0.2) is 0 Å². The average Bonchev–Trinajstić information content (AvgIpc) is 3.04. The monoisotopic (exact) mass is 324 g/mol. The normalized spacial score (nSPS) is 10.3. The van der Waals surface area contributed by atoms with Crippen LogP contribution in [0.1, 0.15) is 21.5 Å². The fraction of sp³-hybridized carbons (Fsp3) is 0.111. The summed E-state index contributed by atoms with van der Waals surface area (Å²) in [4.78, 5) is 16.3. The van der Waals surface area contributed by atoms with Crippen molar-refractivity contribution >= 4 is 22.9 Å². The van der Waals surface area contributed by atoms with Crippen molar-refractivity contribution in [2.24, 2.45) is 0 Å². The quantitative estimate of drug-likeness (QED) is 0.749. The predicted molar refractivity (Wildman–Crippen MR) is 92.5 cm³/mol. The van der Waals surface area contributed by atoms with Crippen LogP contribution in [0, 0.1) is 13.8 Å². The summed E-state index contributed by atoms with van der Waals surface area (Å²) in [6.07, 6.45) is 1.69. The molecule has 116 valence electrons. The molecule has 0 unspecified atom stereocenters. The van der Waals surface area contributed by atoms with E-state index in [0.29, 0.717) is 16.5 Å². The minimum absolute atomic E-state index is 0.144. The number of carbonyl (C=O) groups is 1. The van der Waals surface area contributed by atoms with E-state index in [9.17, 15) is 4.79 Å². The number of aryl methyl sites for hydroxylation is 2. The number of aromatic nitrogens is 1. The molecule has 1 aromatic heterocycles. The molecule has 4 nitrogen and oxygen atoms in total. The number of thiazole rings is 1. The first-order valence-corrected chi connectivity index (χ1v) is 8.06. The Morgan fingerprint density at radius 3 is 2.52 bits per heavy atom. The Balaban J connectivity index is 1.68. The van der Waals surface area contributed by atoms with Crippen LogP contribution in [0.5, 0.6) is 10.9 Å². The number of nitrogens with one attached hydrogen (secondary N) is 1. The number of amides is 1. The molecule has 1 heterocycles. The number of carbonyl (C=O) groups excluding carboxylic acids is 1. The second-order valence-corrected chi connectivity index (χ2v) is 6.03. The topological polar surface area (TPSA) is 51.2 Å². The number of benzene rings is 2. The van der Waals surface area contributed by atoms with Gasteiger partial charge in [-0.1, -0.05) is 17.4 Å². The molecule has 0 radical (unpaired) electrons. The molecule has 5 heteroatoms. The summed E-state index contributed by atoms with van der Waals surface area (Å²) in [5, 5.41) is 5.33. The molecular weight excluding hydrogens is 308 g/mol. The lowest BCUT2D eigenvalue weighted by atomic mass is 10.1. The molecule has 3 aromatic rings. The molecule has 23 heavy (non-hydrogen) atoms. The van der Waals surface area contributed by atoms with Crippen LogP contribution in [-0.4, -0.2) is 10.9 Å². The van der Waals surface area contributed by atoms with E-state index in [0.717, 1.165) is 11.3 Å². The summed E-state index contributed by atoms with van der Waals surface area (Å²) in [6, 6.07) is 12.9. The largest absolute Gasteiger partial charge is 0.431 e. The number of ether oxygens (including phenoxy) is 1. The van der Waals surface area contributed by atoms with Crippen molar-refractivity contribution in [3.63, 3.8) is 0 Å². The Hall–Kier alpha value is -2.66. The van der Waals surface area contributed by atoms with Crippen molar-refractivity contribution in [2.45, 2.75) is 13.8 Å². The number of hydrogen-bond donors (Lipinski definition) is 1. The smallest absolute Gasteiger partial charge is 0.278 e. The summed E-state index contributed by atoms with van der Waals surface area (Å²) in [7, 11) is 0. The highest BCUT2D eigenvalue weighted by Crippen LogP contribution is 2.23. The molecule has 0 aliphatic heterocycles. The summed E-state index contributed by atoms with van der Waals surface area (Å²) >= 11 is 1.42. The third-order valence-corrected chi connectivity index (χ3v) is 4.14. The van der Waals surface area contributed by atoms with E-state index < -0.39 is 0 Å². The minimum Gasteiger partial charge on any atom is -0.431 e. The average molecular weight is 324 g/mol. The summed E-state index contributed by atoms with van der Waals surface area (Å²) in [6.45, 7) is 4.07. The number of hydrogen-bond acceptors (Lipinski definition) is 4. The Morgan fingerprint density at radius 1 is 1.09 bits per heavy atom. The fourth-order valence-electron chi connectivity index (χ4n) is 2.06. The van der Waals surface area contributed by atoms with Crippen molar-refractivity contribution < 1.29 is 9.53 Å². The van der Waals surface area contributed by atoms with E-state index in [2.05, 4.69) is 10.3 Å². The Kier molecular flexibility index (Phi) is 4.39. The van der Waals surface area contributed by atoms with Gasteiger partial charge in [-0.05, 0) is 61.4 Å². The van der Waals surface area contributed by atoms with Crippen molar-refractivity contribution in [3.05, 3.63) is 70.7 Å². The molecule has 3 rings (SSSR count). The molecule has 0 atom stereocenters. The van der Waals surface area contributed by atoms with Gasteiger partial charge < -0.3 is 10.1 Å². The van der Waals surface area contributed by atoms with Gasteiger partial charge in [0.2, 0.25) is 0 Å². The van der Waals surface area contributed by atoms with Crippen molar-refractivity contribution in [1.29, 1.82) is 0 Å². The molecule has 0 fully saturated rings. The zero-order valence-corrected chi connectivity index (χ0v) is 13.7. The highest BCUT2D eigenvalue weighted by Gasteiger charge is 2.07. The van der Waals surface area contributed by atoms with Gasteiger partial charge in [0.25, 0.3) is 11.1 Å². The van der Waals surface area contributed by atoms with Gasteiger partial charge in [0.1, 0.15) is 5.75 Å². The maximum Gasteiger partial charge on any atom is 0.278 e. The summed E-state index contributed by atoms with van der Waals surface area (Å²) < 4.78 is 5.58. The first-order chi connectivity index (χ1) is 11.1. The van der Waals surface area contributed by atoms with Gasteiger partial charge in [-0.15, -0.1) is 0 Å². The Labute approximate surface area is 138 Å². The summed E-state index contributed by atoms with van der Waals surface area (Å²) in [5.74, 6) is 0.511. The third-order valence-electron chi connectivity index (χ3n) is 3.50. The first kappa shape index (κ1) is 15.2. The maximum absolute atomic E-state index is 12.3. The second-order valence-electron chi connectivity index (χ2n) is 5.18. The van der Waals surface area contributed by atoms with Gasteiger partial charge in [-0.3, -0.25) is 4.79 Å². The van der Waals surface area contributed by atoms with Crippen LogP contribution in [0.3, 0.4) is 0 Å². The molecule has 0 spiro atoms. The zero-order valence-electron chi connectivity index (χ0n) is 12.9. The standard InChI is InChI=1S/C18H16N2O2S/c1-12-3-6-15(11-13(12)2)20-17(21)14-4-7-16(8-5-14)22-18-19-9-10-23-18/h3-11H,1-2H3,(H,20,21). The molecule has 2 aromatic carbocycles. The van der Waals surface area contributed by atoms with E-state index in [1.165, 1.54) is 16.9 Å². The number of anilines is 1. The van der Waals surface area contributed by atoms with Crippen LogP contribution >= 0.6 is 11.3 Å². The molecule has 0 aliphatic carbocycles. The van der Waals surface area contributed by atoms with Crippen LogP contribution in [0.4, 0.5) is 5.69 Å². The molecule has 0 aliphatic rings. The predicted octanol–water partition coefficient (Wildman–Crippen LogP) is 4.80. The lowest BCUT2D eigenvalue weighted by molar-refractivity contribution is 0.102. The Morgan fingerprint density at radius 2 is 1.87 bits per heavy atom. The lowest BCUT2D eigenvalue weighted by Gasteiger charge is -2.08. The second kappa shape index (κ2) is 6.62. The van der Waals surface area contributed by atoms with E-state index in [4.69, 9.17) is 4.74 Å². The molecule has 0 bridgehead atoms. The van der Waals surface area contributed by atoms with Gasteiger partial charge in [-0.25, -0.2) is 4.98 Å². The van der Waals surface area contributed by atoms with Crippen LogP contribution in [0.2, 0.25) is 0 Å². The van der Waals surface area contributed by atoms with Crippen molar-refractivity contribution in [1.82, 2.24) is 4.98 Å². The van der Waals surface area contributed by atoms with Crippen LogP contribution in [0.15, 0.2) is 54.0 Å². The van der Waals surface area contributed by atoms with Crippen LogP contribution in [-0.2, 0) is 0 Å². The van der Waals surface area contributed by atoms with Gasteiger partial charge in [-0.2, -0.15) is 0 Å².